The number of carbonyl (C=O) groups is 2. The lowest BCUT2D eigenvalue weighted by Gasteiger charge is -2.27. The summed E-state index contributed by atoms with van der Waals surface area (Å²) in [6.07, 6.45) is 21.1. The van der Waals surface area contributed by atoms with Crippen molar-refractivity contribution >= 4 is 34.9 Å². The number of fused-ring (bicyclic) bond motifs is 2. The lowest BCUT2D eigenvalue weighted by atomic mass is 9.80. The molecule has 6 nitrogen and oxygen atoms in total. The minimum atomic E-state index is -0.272. The molecule has 0 unspecified atom stereocenters. The molecule has 1 aromatic rings. The Bertz CT molecular complexity index is 990. The molecule has 0 aromatic heterocycles. The summed E-state index contributed by atoms with van der Waals surface area (Å²) < 4.78 is 19.0. The van der Waals surface area contributed by atoms with Crippen LogP contribution in [0.3, 0.4) is 0 Å². The maximum Gasteiger partial charge on any atom is 0.457 e. The average molecular weight is 659 g/mol. The number of esters is 1. The normalized spacial score (nSPS) is 22.3. The van der Waals surface area contributed by atoms with E-state index < -0.39 is 0 Å². The number of allylic oxidation sites excluding steroid dienone is 2. The van der Waals surface area contributed by atoms with Crippen molar-refractivity contribution in [2.75, 3.05) is 11.9 Å². The Morgan fingerprint density at radius 2 is 1.86 bits per heavy atom. The fourth-order valence-corrected chi connectivity index (χ4v) is 6.49. The quantitative estimate of drug-likeness (QED) is 0.0477. The predicted molar refractivity (Wildman–Crippen MR) is 179 cm³/mol. The molecule has 1 saturated carbocycles. The largest absolute Gasteiger partial charge is 0.458 e. The molecule has 2 aliphatic rings. The highest BCUT2D eigenvalue weighted by atomic mass is 79.9. The SMILES string of the molecule is CCCCB1O[C@@H]2C[C@@H](O1)[C@H](C/C=C\CCCC(=O)NCC)[C@H]2/C=C/[C@H](CCc1ccccc1)OC(=O)CCCCCBr. The smallest absolute Gasteiger partial charge is 0.457 e. The number of rotatable bonds is 21. The van der Waals surface area contributed by atoms with Crippen LogP contribution in [0.4, 0.5) is 0 Å². The van der Waals surface area contributed by atoms with Crippen molar-refractivity contribution in [1.82, 2.24) is 5.32 Å². The van der Waals surface area contributed by atoms with E-state index in [4.69, 9.17) is 14.0 Å². The highest BCUT2D eigenvalue weighted by Gasteiger charge is 2.49. The van der Waals surface area contributed by atoms with Gasteiger partial charge >= 0.3 is 13.1 Å². The topological polar surface area (TPSA) is 73.9 Å². The average Bonchev–Trinajstić information content (AvgIpc) is 3.25. The molecule has 1 amide bonds. The summed E-state index contributed by atoms with van der Waals surface area (Å²) in [7, 11) is -0.142. The van der Waals surface area contributed by atoms with Crippen LogP contribution in [0.5, 0.6) is 0 Å². The molecule has 2 bridgehead atoms. The maximum atomic E-state index is 12.8. The van der Waals surface area contributed by atoms with E-state index in [9.17, 15) is 9.59 Å². The third-order valence-corrected chi connectivity index (χ3v) is 9.00. The molecular formula is C35H53BBrNO5. The standard InChI is InChI=1S/C35H53BBrNO5/c1-3-5-25-36-42-32-27-33(43-36)31(30(32)18-12-6-7-13-19-34(39)38-4-2)24-23-29(22-21-28-16-10-8-11-17-28)41-35(40)20-14-9-15-26-37/h6,8,10-12,16-17,23-24,29-33H,3-5,7,9,13-15,18-22,25-27H2,1-2H3,(H,38,39)/b12-6-,24-23+/t29-,30+,31+,32+,33+/m0/s1. The summed E-state index contributed by atoms with van der Waals surface area (Å²) in [4.78, 5) is 24.5. The number of carbonyl (C=O) groups excluding carboxylic acids is 2. The summed E-state index contributed by atoms with van der Waals surface area (Å²) in [5.74, 6) is 0.514. The Balaban J connectivity index is 1.67. The molecule has 3 rings (SSSR count). The Labute approximate surface area is 269 Å². The maximum absolute atomic E-state index is 12.8. The van der Waals surface area contributed by atoms with Gasteiger partial charge in [0.1, 0.15) is 6.10 Å². The molecular weight excluding hydrogens is 605 g/mol. The summed E-state index contributed by atoms with van der Waals surface area (Å²) in [6.45, 7) is 4.82. The third kappa shape index (κ3) is 13.3. The molecule has 1 aromatic carbocycles. The van der Waals surface area contributed by atoms with E-state index in [1.807, 2.05) is 13.0 Å². The van der Waals surface area contributed by atoms with Gasteiger partial charge in [-0.15, -0.1) is 0 Å². The number of ether oxygens (including phenoxy) is 1. The summed E-state index contributed by atoms with van der Waals surface area (Å²) in [5, 5.41) is 3.83. The fourth-order valence-electron chi connectivity index (χ4n) is 6.10. The Hall–Kier alpha value is -1.90. The van der Waals surface area contributed by atoms with Gasteiger partial charge in [-0.2, -0.15) is 0 Å². The van der Waals surface area contributed by atoms with Crippen molar-refractivity contribution in [3.8, 4) is 0 Å². The van der Waals surface area contributed by atoms with Crippen molar-refractivity contribution in [2.45, 2.75) is 122 Å². The Morgan fingerprint density at radius 3 is 2.63 bits per heavy atom. The molecule has 0 radical (unpaired) electrons. The molecule has 1 aliphatic carbocycles. The van der Waals surface area contributed by atoms with Crippen LogP contribution >= 0.6 is 15.9 Å². The van der Waals surface area contributed by atoms with Crippen LogP contribution in [-0.4, -0.2) is 49.2 Å². The first-order valence-electron chi connectivity index (χ1n) is 16.7. The number of nitrogens with one attached hydrogen (secondary N) is 1. The zero-order valence-electron chi connectivity index (χ0n) is 26.4. The van der Waals surface area contributed by atoms with Crippen LogP contribution in [0.25, 0.3) is 0 Å². The lowest BCUT2D eigenvalue weighted by Crippen LogP contribution is -2.37. The molecule has 5 atom stereocenters. The first-order chi connectivity index (χ1) is 21.0. The van der Waals surface area contributed by atoms with Gasteiger partial charge in [-0.25, -0.2) is 0 Å². The fraction of sp³-hybridized carbons (Fsp3) is 0.657. The summed E-state index contributed by atoms with van der Waals surface area (Å²) in [5.41, 5.74) is 1.25. The van der Waals surface area contributed by atoms with Crippen LogP contribution in [0.15, 0.2) is 54.6 Å². The first kappa shape index (κ1) is 35.6. The van der Waals surface area contributed by atoms with Gasteiger partial charge in [0.05, 0.1) is 6.10 Å². The molecule has 1 heterocycles. The number of alkyl halides is 1. The van der Waals surface area contributed by atoms with E-state index in [2.05, 4.69) is 76.7 Å². The molecule has 1 saturated heterocycles. The van der Waals surface area contributed by atoms with Crippen LogP contribution in [0, 0.1) is 11.8 Å². The molecule has 238 valence electrons. The second kappa shape index (κ2) is 21.0. The van der Waals surface area contributed by atoms with Gasteiger partial charge in [-0.05, 0) is 82.2 Å². The van der Waals surface area contributed by atoms with Gasteiger partial charge in [0.15, 0.2) is 0 Å². The van der Waals surface area contributed by atoms with Crippen LogP contribution in [0.1, 0.15) is 96.5 Å². The van der Waals surface area contributed by atoms with Gasteiger partial charge in [-0.3, -0.25) is 9.59 Å². The number of amides is 1. The number of unbranched alkanes of at least 4 members (excludes halogenated alkanes) is 4. The first-order valence-corrected chi connectivity index (χ1v) is 17.9. The third-order valence-electron chi connectivity index (χ3n) is 8.44. The van der Waals surface area contributed by atoms with Gasteiger partial charge in [0.2, 0.25) is 5.91 Å². The van der Waals surface area contributed by atoms with Crippen molar-refractivity contribution in [3.63, 3.8) is 0 Å². The molecule has 43 heavy (non-hydrogen) atoms. The van der Waals surface area contributed by atoms with E-state index in [-0.39, 0.29) is 43.2 Å². The van der Waals surface area contributed by atoms with E-state index in [1.54, 1.807) is 0 Å². The van der Waals surface area contributed by atoms with Gasteiger partial charge in [0, 0.05) is 36.7 Å². The monoisotopic (exact) mass is 657 g/mol. The highest BCUT2D eigenvalue weighted by Crippen LogP contribution is 2.44. The minimum Gasteiger partial charge on any atom is -0.458 e. The van der Waals surface area contributed by atoms with Gasteiger partial charge in [0.25, 0.3) is 0 Å². The zero-order valence-corrected chi connectivity index (χ0v) is 28.0. The number of hydrogen-bond acceptors (Lipinski definition) is 5. The molecule has 2 fully saturated rings. The zero-order chi connectivity index (χ0) is 30.7. The van der Waals surface area contributed by atoms with Gasteiger partial charge in [-0.1, -0.05) is 90.7 Å². The van der Waals surface area contributed by atoms with E-state index in [1.165, 1.54) is 5.56 Å². The number of aryl methyl sites for hydroxylation is 1. The number of halogens is 1. The second-order valence-corrected chi connectivity index (χ2v) is 12.7. The summed E-state index contributed by atoms with van der Waals surface area (Å²) in [6, 6.07) is 10.4. The summed E-state index contributed by atoms with van der Waals surface area (Å²) >= 11 is 3.47. The van der Waals surface area contributed by atoms with Crippen LogP contribution < -0.4 is 5.32 Å². The van der Waals surface area contributed by atoms with E-state index >= 15 is 0 Å². The van der Waals surface area contributed by atoms with Crippen molar-refractivity contribution in [3.05, 3.63) is 60.2 Å². The predicted octanol–water partition coefficient (Wildman–Crippen LogP) is 8.00. The van der Waals surface area contributed by atoms with Crippen LogP contribution in [0.2, 0.25) is 6.32 Å². The second-order valence-electron chi connectivity index (χ2n) is 11.9. The number of hydrogen-bond donors (Lipinski definition) is 1. The van der Waals surface area contributed by atoms with Crippen molar-refractivity contribution < 1.29 is 23.6 Å². The van der Waals surface area contributed by atoms with Gasteiger partial charge < -0.3 is 19.4 Å². The van der Waals surface area contributed by atoms with E-state index in [0.29, 0.717) is 25.3 Å². The van der Waals surface area contributed by atoms with E-state index in [0.717, 1.165) is 82.3 Å². The lowest BCUT2D eigenvalue weighted by molar-refractivity contribution is -0.147. The number of benzene rings is 1. The molecule has 0 spiro atoms. The van der Waals surface area contributed by atoms with Crippen LogP contribution in [-0.2, 0) is 30.1 Å². The molecule has 8 heteroatoms. The highest BCUT2D eigenvalue weighted by molar-refractivity contribution is 9.09. The van der Waals surface area contributed by atoms with Crippen molar-refractivity contribution in [2.24, 2.45) is 11.8 Å². The molecule has 1 aliphatic heterocycles. The Morgan fingerprint density at radius 1 is 1.05 bits per heavy atom. The Kier molecular flexibility index (Phi) is 17.3. The minimum absolute atomic E-state index is 0.114. The molecule has 1 N–H and O–H groups in total. The van der Waals surface area contributed by atoms with Crippen molar-refractivity contribution in [1.29, 1.82) is 0 Å².